The van der Waals surface area contributed by atoms with Gasteiger partial charge in [-0.3, -0.25) is 9.78 Å². The maximum absolute atomic E-state index is 13.4. The van der Waals surface area contributed by atoms with Gasteiger partial charge < -0.3 is 9.64 Å². The zero-order chi connectivity index (χ0) is 21.5. The summed E-state index contributed by atoms with van der Waals surface area (Å²) in [5, 5.41) is 8.82. The maximum atomic E-state index is 13.4. The number of nitriles is 1. The van der Waals surface area contributed by atoms with Gasteiger partial charge in [-0.05, 0) is 26.0 Å². The first-order valence-electron chi connectivity index (χ1n) is 9.43. The summed E-state index contributed by atoms with van der Waals surface area (Å²) in [5.41, 5.74) is 0.378. The molecule has 6 nitrogen and oxygen atoms in total. The molecular weight excluding hydrogens is 390 g/mol. The van der Waals surface area contributed by atoms with Crippen molar-refractivity contribution in [1.82, 2.24) is 14.9 Å². The molecule has 1 fully saturated rings. The molecule has 0 N–H and O–H groups in total. The summed E-state index contributed by atoms with van der Waals surface area (Å²) in [5.74, 6) is 5.91. The van der Waals surface area contributed by atoms with E-state index < -0.39 is 17.7 Å². The Balaban J connectivity index is 1.65. The molecule has 0 saturated carbocycles. The summed E-state index contributed by atoms with van der Waals surface area (Å²) in [6.07, 6.45) is 2.18. The van der Waals surface area contributed by atoms with Crippen LogP contribution in [0.3, 0.4) is 0 Å². The van der Waals surface area contributed by atoms with Crippen LogP contribution in [-0.2, 0) is 4.79 Å². The second kappa shape index (κ2) is 7.38. The maximum Gasteiger partial charge on any atom is 0.252 e. The Morgan fingerprint density at radius 3 is 2.77 bits per heavy atom. The van der Waals surface area contributed by atoms with Gasteiger partial charge in [0, 0.05) is 36.1 Å². The monoisotopic (exact) mass is 408 g/mol. The summed E-state index contributed by atoms with van der Waals surface area (Å²) < 4.78 is 32.8. The number of amides is 1. The van der Waals surface area contributed by atoms with Gasteiger partial charge in [0.25, 0.3) is 6.43 Å². The topological polar surface area (TPSA) is 79.1 Å². The molecule has 2 bridgehead atoms. The summed E-state index contributed by atoms with van der Waals surface area (Å²) >= 11 is 0. The quantitative estimate of drug-likeness (QED) is 0.714. The molecule has 8 heteroatoms. The van der Waals surface area contributed by atoms with Gasteiger partial charge in [0.05, 0.1) is 18.2 Å². The number of hydrogen-bond donors (Lipinski definition) is 0. The van der Waals surface area contributed by atoms with E-state index in [0.717, 1.165) is 0 Å². The van der Waals surface area contributed by atoms with Crippen LogP contribution in [0.4, 0.5) is 8.78 Å². The molecule has 0 unspecified atom stereocenters. The normalized spacial score (nSPS) is 19.4. The van der Waals surface area contributed by atoms with Crippen LogP contribution >= 0.6 is 0 Å². The van der Waals surface area contributed by atoms with Gasteiger partial charge in [0.1, 0.15) is 29.0 Å². The molecule has 2 aliphatic rings. The minimum absolute atomic E-state index is 0.251. The lowest BCUT2D eigenvalue weighted by Crippen LogP contribution is -2.44. The molecule has 0 spiro atoms. The Morgan fingerprint density at radius 2 is 2.10 bits per heavy atom. The van der Waals surface area contributed by atoms with Crippen LogP contribution in [0.5, 0.6) is 5.75 Å². The van der Waals surface area contributed by atoms with Crippen LogP contribution < -0.4 is 4.74 Å². The lowest BCUT2D eigenvalue weighted by atomic mass is 9.91. The van der Waals surface area contributed by atoms with Crippen molar-refractivity contribution >= 4 is 5.91 Å². The fourth-order valence-electron chi connectivity index (χ4n) is 3.63. The van der Waals surface area contributed by atoms with Crippen molar-refractivity contribution in [3.05, 3.63) is 53.1 Å². The third-order valence-electron chi connectivity index (χ3n) is 5.41. The fourth-order valence-corrected chi connectivity index (χ4v) is 3.63. The van der Waals surface area contributed by atoms with Crippen LogP contribution in [0.1, 0.15) is 48.7 Å². The zero-order valence-electron chi connectivity index (χ0n) is 16.4. The second-order valence-electron chi connectivity index (χ2n) is 7.87. The predicted octanol–water partition coefficient (Wildman–Crippen LogP) is 3.07. The number of nitrogens with zero attached hydrogens (tertiary/aromatic N) is 4. The highest BCUT2D eigenvalue weighted by atomic mass is 19.3. The highest BCUT2D eigenvalue weighted by Gasteiger charge is 2.49. The van der Waals surface area contributed by atoms with Crippen molar-refractivity contribution in [3.63, 3.8) is 0 Å². The highest BCUT2D eigenvalue weighted by Crippen LogP contribution is 2.46. The number of pyridine rings is 2. The fraction of sp³-hybridized carbons (Fsp3) is 0.364. The average Bonchev–Trinajstić information content (AvgIpc) is 3.09. The van der Waals surface area contributed by atoms with E-state index in [9.17, 15) is 13.6 Å². The number of rotatable bonds is 2. The van der Waals surface area contributed by atoms with E-state index in [1.807, 2.05) is 6.07 Å². The van der Waals surface area contributed by atoms with E-state index in [4.69, 9.17) is 10.00 Å². The minimum atomic E-state index is -2.76. The summed E-state index contributed by atoms with van der Waals surface area (Å²) in [6, 6.07) is 4.85. The number of ether oxygens (including phenoxy) is 1. The van der Waals surface area contributed by atoms with E-state index in [1.54, 1.807) is 24.5 Å². The van der Waals surface area contributed by atoms with Crippen LogP contribution in [-0.4, -0.2) is 39.8 Å². The van der Waals surface area contributed by atoms with E-state index in [0.29, 0.717) is 34.6 Å². The Kier molecular flexibility index (Phi) is 4.87. The first-order chi connectivity index (χ1) is 14.3. The number of likely N-dealkylation sites (tertiary alicyclic amines) is 1. The van der Waals surface area contributed by atoms with Gasteiger partial charge in [-0.2, -0.15) is 5.26 Å². The molecule has 4 heterocycles. The summed E-state index contributed by atoms with van der Waals surface area (Å²) in [7, 11) is 0. The van der Waals surface area contributed by atoms with Gasteiger partial charge in [-0.1, -0.05) is 11.8 Å². The molecule has 0 aliphatic carbocycles. The third-order valence-corrected chi connectivity index (χ3v) is 5.41. The van der Waals surface area contributed by atoms with Crippen molar-refractivity contribution in [3.8, 4) is 23.7 Å². The lowest BCUT2D eigenvalue weighted by Gasteiger charge is -2.32. The number of alkyl halides is 2. The van der Waals surface area contributed by atoms with E-state index in [2.05, 4.69) is 21.8 Å². The minimum Gasteiger partial charge on any atom is -0.487 e. The highest BCUT2D eigenvalue weighted by molar-refractivity contribution is 5.83. The van der Waals surface area contributed by atoms with E-state index in [1.165, 1.54) is 24.9 Å². The van der Waals surface area contributed by atoms with E-state index in [-0.39, 0.29) is 18.7 Å². The largest absolute Gasteiger partial charge is 0.487 e. The van der Waals surface area contributed by atoms with Crippen molar-refractivity contribution in [2.75, 3.05) is 6.54 Å². The van der Waals surface area contributed by atoms with E-state index >= 15 is 0 Å². The molecule has 0 radical (unpaired) electrons. The van der Waals surface area contributed by atoms with Crippen LogP contribution in [0.25, 0.3) is 0 Å². The van der Waals surface area contributed by atoms with Gasteiger partial charge in [0.2, 0.25) is 5.91 Å². The zero-order valence-corrected chi connectivity index (χ0v) is 16.4. The Morgan fingerprint density at radius 1 is 1.30 bits per heavy atom. The summed E-state index contributed by atoms with van der Waals surface area (Å²) in [4.78, 5) is 22.5. The number of carbonyl (C=O) groups is 1. The molecule has 4 rings (SSSR count). The molecule has 1 amide bonds. The number of hydrogen-bond acceptors (Lipinski definition) is 5. The smallest absolute Gasteiger partial charge is 0.252 e. The standard InChI is InChI=1S/C22H18F2N4O2/c1-22(2,20(23)24)21(29)28-12-16-7-18(28)17-11-26-10-14(19(17)30-16)5-3-13-4-6-15(8-25)27-9-13/h4,6,9-11,16,18,20H,7,12H2,1-2H3/t16-,18-/m0/s1. The Hall–Kier alpha value is -3.52. The van der Waals surface area contributed by atoms with Crippen LogP contribution in [0.2, 0.25) is 0 Å². The number of carbonyl (C=O) groups excluding carboxylic acids is 1. The van der Waals surface area contributed by atoms with Crippen LogP contribution in [0.15, 0.2) is 30.7 Å². The van der Waals surface area contributed by atoms with Crippen LogP contribution in [0, 0.1) is 28.6 Å². The molecular formula is C22H18F2N4O2. The molecule has 2 atom stereocenters. The molecule has 152 valence electrons. The molecule has 2 aromatic rings. The van der Waals surface area contributed by atoms with Crippen molar-refractivity contribution in [2.45, 2.75) is 38.8 Å². The van der Waals surface area contributed by atoms with Gasteiger partial charge in [0.15, 0.2) is 0 Å². The number of halogens is 2. The Labute approximate surface area is 172 Å². The first kappa shape index (κ1) is 19.8. The molecule has 2 aromatic heterocycles. The second-order valence-corrected chi connectivity index (χ2v) is 7.87. The van der Waals surface area contributed by atoms with Crippen molar-refractivity contribution in [1.29, 1.82) is 5.26 Å². The van der Waals surface area contributed by atoms with Gasteiger partial charge >= 0.3 is 0 Å². The SMILES string of the molecule is CC(C)(C(=O)N1C[C@@H]2C[C@H]1c1cncc(C#Cc3ccc(C#N)nc3)c1O2)C(F)F. The predicted molar refractivity (Wildman–Crippen MR) is 102 cm³/mol. The number of fused-ring (bicyclic) bond motifs is 4. The van der Waals surface area contributed by atoms with Gasteiger partial charge in [-0.25, -0.2) is 13.8 Å². The van der Waals surface area contributed by atoms with Crippen molar-refractivity contribution in [2.24, 2.45) is 5.41 Å². The third kappa shape index (κ3) is 3.35. The lowest BCUT2D eigenvalue weighted by molar-refractivity contribution is -0.149. The van der Waals surface area contributed by atoms with Crippen molar-refractivity contribution < 1.29 is 18.3 Å². The van der Waals surface area contributed by atoms with Gasteiger partial charge in [-0.15, -0.1) is 0 Å². The molecule has 1 saturated heterocycles. The molecule has 2 aliphatic heterocycles. The summed E-state index contributed by atoms with van der Waals surface area (Å²) in [6.45, 7) is 2.77. The number of aromatic nitrogens is 2. The molecule has 0 aromatic carbocycles. The Bertz CT molecular complexity index is 1100. The average molecular weight is 408 g/mol. The molecule has 30 heavy (non-hydrogen) atoms. The first-order valence-corrected chi connectivity index (χ1v) is 9.43.